The van der Waals surface area contributed by atoms with E-state index in [9.17, 15) is 4.79 Å². The van der Waals surface area contributed by atoms with E-state index in [1.807, 2.05) is 60.1 Å². The fourth-order valence-electron chi connectivity index (χ4n) is 3.13. The van der Waals surface area contributed by atoms with Gasteiger partial charge in [-0.05, 0) is 55.3 Å². The van der Waals surface area contributed by atoms with Crippen molar-refractivity contribution in [1.82, 2.24) is 14.8 Å². The van der Waals surface area contributed by atoms with Crippen LogP contribution in [0.3, 0.4) is 0 Å². The SMILES string of the molecule is Cc1nn(-c2ccccc2)c2ncc(NC(=O)c3ccc(OCC(C)C)cc3)cc12. The standard InChI is InChI=1S/C24H24N4O2/c1-16(2)15-30-21-11-9-18(10-12-21)24(29)26-19-13-22-17(3)27-28(23(22)25-14-19)20-7-5-4-6-8-20/h4-14,16H,15H2,1-3H3,(H,26,29). The largest absolute Gasteiger partial charge is 0.493 e. The smallest absolute Gasteiger partial charge is 0.255 e. The third-order valence-corrected chi connectivity index (χ3v) is 4.67. The number of nitrogens with zero attached hydrogens (tertiary/aromatic N) is 3. The molecular formula is C24H24N4O2. The molecule has 0 aliphatic heterocycles. The molecule has 0 unspecified atom stereocenters. The van der Waals surface area contributed by atoms with Crippen molar-refractivity contribution in [1.29, 1.82) is 0 Å². The minimum absolute atomic E-state index is 0.195. The predicted molar refractivity (Wildman–Crippen MR) is 118 cm³/mol. The molecule has 0 saturated carbocycles. The van der Waals surface area contributed by atoms with Gasteiger partial charge >= 0.3 is 0 Å². The third kappa shape index (κ3) is 4.17. The number of benzene rings is 2. The summed E-state index contributed by atoms with van der Waals surface area (Å²) in [6, 6.07) is 18.9. The maximum atomic E-state index is 12.6. The number of anilines is 1. The number of carbonyl (C=O) groups is 1. The molecule has 30 heavy (non-hydrogen) atoms. The molecule has 0 atom stereocenters. The normalized spacial score (nSPS) is 11.1. The van der Waals surface area contributed by atoms with Gasteiger partial charge in [-0.2, -0.15) is 5.10 Å². The molecule has 6 heteroatoms. The van der Waals surface area contributed by atoms with Crippen molar-refractivity contribution in [2.75, 3.05) is 11.9 Å². The van der Waals surface area contributed by atoms with Crippen LogP contribution in [-0.4, -0.2) is 27.3 Å². The number of rotatable bonds is 6. The molecule has 2 heterocycles. The lowest BCUT2D eigenvalue weighted by molar-refractivity contribution is 0.102. The molecule has 152 valence electrons. The number of carbonyl (C=O) groups excluding carboxylic acids is 1. The molecule has 4 rings (SSSR count). The summed E-state index contributed by atoms with van der Waals surface area (Å²) in [5, 5.41) is 8.42. The van der Waals surface area contributed by atoms with E-state index < -0.39 is 0 Å². The van der Waals surface area contributed by atoms with Crippen molar-refractivity contribution < 1.29 is 9.53 Å². The van der Waals surface area contributed by atoms with Crippen molar-refractivity contribution in [3.05, 3.63) is 78.1 Å². The van der Waals surface area contributed by atoms with Crippen LogP contribution in [0.25, 0.3) is 16.7 Å². The van der Waals surface area contributed by atoms with Crippen LogP contribution in [0.5, 0.6) is 5.75 Å². The average Bonchev–Trinajstić information content (AvgIpc) is 3.09. The molecule has 0 aliphatic carbocycles. The first-order valence-corrected chi connectivity index (χ1v) is 9.96. The van der Waals surface area contributed by atoms with Gasteiger partial charge in [0.1, 0.15) is 5.75 Å². The van der Waals surface area contributed by atoms with Crippen LogP contribution in [0, 0.1) is 12.8 Å². The zero-order valence-corrected chi connectivity index (χ0v) is 17.3. The van der Waals surface area contributed by atoms with Gasteiger partial charge in [0.15, 0.2) is 5.65 Å². The van der Waals surface area contributed by atoms with Crippen LogP contribution < -0.4 is 10.1 Å². The van der Waals surface area contributed by atoms with E-state index in [-0.39, 0.29) is 5.91 Å². The average molecular weight is 400 g/mol. The molecule has 4 aromatic rings. The summed E-state index contributed by atoms with van der Waals surface area (Å²) in [4.78, 5) is 17.2. The lowest BCUT2D eigenvalue weighted by Crippen LogP contribution is -2.12. The van der Waals surface area contributed by atoms with Crippen molar-refractivity contribution in [2.24, 2.45) is 5.92 Å². The summed E-state index contributed by atoms with van der Waals surface area (Å²) in [6.07, 6.45) is 1.65. The van der Waals surface area contributed by atoms with Gasteiger partial charge in [0.05, 0.1) is 29.9 Å². The molecule has 0 saturated heterocycles. The van der Waals surface area contributed by atoms with Crippen molar-refractivity contribution >= 4 is 22.6 Å². The number of hydrogen-bond donors (Lipinski definition) is 1. The van der Waals surface area contributed by atoms with Crippen LogP contribution in [-0.2, 0) is 0 Å². The molecule has 2 aromatic heterocycles. The first-order chi connectivity index (χ1) is 14.5. The van der Waals surface area contributed by atoms with Crippen LogP contribution in [0.1, 0.15) is 29.9 Å². The number of aryl methyl sites for hydroxylation is 1. The molecule has 1 amide bonds. The Labute approximate surface area is 175 Å². The Morgan fingerprint density at radius 3 is 2.53 bits per heavy atom. The fraction of sp³-hybridized carbons (Fsp3) is 0.208. The zero-order chi connectivity index (χ0) is 21.1. The lowest BCUT2D eigenvalue weighted by Gasteiger charge is -2.09. The number of nitrogens with one attached hydrogen (secondary N) is 1. The van der Waals surface area contributed by atoms with Crippen molar-refractivity contribution in [3.63, 3.8) is 0 Å². The quantitative estimate of drug-likeness (QED) is 0.494. The summed E-state index contributed by atoms with van der Waals surface area (Å²) in [5.41, 5.74) is 3.74. The molecule has 0 aliphatic rings. The Hall–Kier alpha value is -3.67. The molecule has 0 spiro atoms. The Balaban J connectivity index is 1.53. The van der Waals surface area contributed by atoms with Gasteiger partial charge in [-0.25, -0.2) is 9.67 Å². The highest BCUT2D eigenvalue weighted by molar-refractivity contribution is 6.05. The summed E-state index contributed by atoms with van der Waals surface area (Å²) in [6.45, 7) is 6.77. The van der Waals surface area contributed by atoms with Crippen LogP contribution in [0.15, 0.2) is 66.9 Å². The Kier molecular flexibility index (Phi) is 5.48. The third-order valence-electron chi connectivity index (χ3n) is 4.67. The number of ether oxygens (including phenoxy) is 1. The van der Waals surface area contributed by atoms with Gasteiger partial charge < -0.3 is 10.1 Å². The maximum Gasteiger partial charge on any atom is 0.255 e. The fourth-order valence-corrected chi connectivity index (χ4v) is 3.13. The van der Waals surface area contributed by atoms with E-state index >= 15 is 0 Å². The first-order valence-electron chi connectivity index (χ1n) is 9.96. The maximum absolute atomic E-state index is 12.6. The molecule has 1 N–H and O–H groups in total. The number of pyridine rings is 1. The number of para-hydroxylation sites is 1. The van der Waals surface area contributed by atoms with Crippen molar-refractivity contribution in [2.45, 2.75) is 20.8 Å². The molecule has 2 aromatic carbocycles. The van der Waals surface area contributed by atoms with Gasteiger partial charge in [0, 0.05) is 10.9 Å². The summed E-state index contributed by atoms with van der Waals surface area (Å²) >= 11 is 0. The van der Waals surface area contributed by atoms with Crippen LogP contribution in [0.2, 0.25) is 0 Å². The van der Waals surface area contributed by atoms with Gasteiger partial charge in [-0.1, -0.05) is 32.0 Å². The Morgan fingerprint density at radius 2 is 1.83 bits per heavy atom. The van der Waals surface area contributed by atoms with Crippen LogP contribution in [0.4, 0.5) is 5.69 Å². The molecule has 0 fully saturated rings. The topological polar surface area (TPSA) is 69.0 Å². The highest BCUT2D eigenvalue weighted by atomic mass is 16.5. The summed E-state index contributed by atoms with van der Waals surface area (Å²) < 4.78 is 7.48. The highest BCUT2D eigenvalue weighted by Gasteiger charge is 2.13. The highest BCUT2D eigenvalue weighted by Crippen LogP contribution is 2.23. The molecule has 6 nitrogen and oxygen atoms in total. The first kappa shape index (κ1) is 19.6. The van der Waals surface area contributed by atoms with Crippen LogP contribution >= 0.6 is 0 Å². The van der Waals surface area contributed by atoms with E-state index in [2.05, 4.69) is 29.2 Å². The van der Waals surface area contributed by atoms with Gasteiger partial charge in [-0.3, -0.25) is 4.79 Å². The molecule has 0 radical (unpaired) electrons. The second-order valence-corrected chi connectivity index (χ2v) is 7.61. The second kappa shape index (κ2) is 8.37. The number of fused-ring (bicyclic) bond motifs is 1. The Morgan fingerprint density at radius 1 is 1.10 bits per heavy atom. The Bertz CT molecular complexity index is 1170. The zero-order valence-electron chi connectivity index (χ0n) is 17.3. The van der Waals surface area contributed by atoms with Gasteiger partial charge in [0.2, 0.25) is 0 Å². The van der Waals surface area contributed by atoms with Gasteiger partial charge in [0.25, 0.3) is 5.91 Å². The van der Waals surface area contributed by atoms with E-state index in [1.165, 1.54) is 0 Å². The molecular weight excluding hydrogens is 376 g/mol. The summed E-state index contributed by atoms with van der Waals surface area (Å²) in [5.74, 6) is 1.01. The molecule has 0 bridgehead atoms. The van der Waals surface area contributed by atoms with Gasteiger partial charge in [-0.15, -0.1) is 0 Å². The monoisotopic (exact) mass is 400 g/mol. The number of hydrogen-bond acceptors (Lipinski definition) is 4. The number of amides is 1. The predicted octanol–water partition coefficient (Wildman–Crippen LogP) is 5.02. The second-order valence-electron chi connectivity index (χ2n) is 7.61. The van der Waals surface area contributed by atoms with E-state index in [1.54, 1.807) is 18.3 Å². The minimum Gasteiger partial charge on any atom is -0.493 e. The van der Waals surface area contributed by atoms with E-state index in [0.717, 1.165) is 28.2 Å². The minimum atomic E-state index is -0.195. The lowest BCUT2D eigenvalue weighted by atomic mass is 10.2. The summed E-state index contributed by atoms with van der Waals surface area (Å²) in [7, 11) is 0. The van der Waals surface area contributed by atoms with E-state index in [0.29, 0.717) is 23.8 Å². The number of aromatic nitrogens is 3. The van der Waals surface area contributed by atoms with E-state index in [4.69, 9.17) is 4.74 Å². The van der Waals surface area contributed by atoms with Crippen molar-refractivity contribution in [3.8, 4) is 11.4 Å².